The molecule has 1 aliphatic heterocycles. The number of halogens is 1. The molecule has 0 amide bonds. The SMILES string of the molecule is Cc1cc(OCC(=O)Oc2ccc3c(c2)OC(N)=C(C#N)C3c2ccc(OCc3ccccc3)cc2)cc(C)c1Cl. The fourth-order valence-electron chi connectivity index (χ4n) is 4.63. The van der Waals surface area contributed by atoms with E-state index in [1.807, 2.05) is 68.4 Å². The summed E-state index contributed by atoms with van der Waals surface area (Å²) in [5.41, 5.74) is 10.8. The lowest BCUT2D eigenvalue weighted by Gasteiger charge is -2.26. The molecule has 8 heteroatoms. The summed E-state index contributed by atoms with van der Waals surface area (Å²) in [5.74, 6) is 0.828. The molecule has 1 unspecified atom stereocenters. The molecule has 7 nitrogen and oxygen atoms in total. The number of carbonyl (C=O) groups excluding carboxylic acids is 1. The lowest BCUT2D eigenvalue weighted by molar-refractivity contribution is -0.136. The number of allylic oxidation sites excluding steroid dienone is 1. The number of esters is 1. The van der Waals surface area contributed by atoms with E-state index in [-0.39, 0.29) is 18.2 Å². The van der Waals surface area contributed by atoms with E-state index < -0.39 is 11.9 Å². The molecule has 1 atom stereocenters. The van der Waals surface area contributed by atoms with Gasteiger partial charge in [0, 0.05) is 16.7 Å². The van der Waals surface area contributed by atoms with Gasteiger partial charge in [0.1, 0.15) is 41.2 Å². The molecule has 0 fully saturated rings. The van der Waals surface area contributed by atoms with Gasteiger partial charge in [-0.2, -0.15) is 5.26 Å². The molecule has 1 heterocycles. The minimum absolute atomic E-state index is 0.00491. The summed E-state index contributed by atoms with van der Waals surface area (Å²) >= 11 is 6.20. The van der Waals surface area contributed by atoms with Gasteiger partial charge in [0.15, 0.2) is 6.61 Å². The number of ether oxygens (including phenoxy) is 4. The van der Waals surface area contributed by atoms with Crippen molar-refractivity contribution in [1.29, 1.82) is 5.26 Å². The molecule has 4 aromatic carbocycles. The minimum atomic E-state index is -0.588. The summed E-state index contributed by atoms with van der Waals surface area (Å²) in [6.45, 7) is 3.89. The van der Waals surface area contributed by atoms with Crippen LogP contribution in [0, 0.1) is 25.2 Å². The van der Waals surface area contributed by atoms with Gasteiger partial charge >= 0.3 is 5.97 Å². The molecule has 1 aliphatic rings. The Labute approximate surface area is 243 Å². The normalized spacial score (nSPS) is 14.0. The molecule has 41 heavy (non-hydrogen) atoms. The number of rotatable bonds is 8. The molecule has 0 bridgehead atoms. The highest BCUT2D eigenvalue weighted by Crippen LogP contribution is 2.43. The van der Waals surface area contributed by atoms with Crippen molar-refractivity contribution in [2.24, 2.45) is 5.73 Å². The minimum Gasteiger partial charge on any atom is -0.489 e. The van der Waals surface area contributed by atoms with Crippen LogP contribution in [0.5, 0.6) is 23.0 Å². The van der Waals surface area contributed by atoms with Crippen LogP contribution in [0.4, 0.5) is 0 Å². The summed E-state index contributed by atoms with van der Waals surface area (Å²) in [7, 11) is 0. The van der Waals surface area contributed by atoms with Crippen LogP contribution in [0.25, 0.3) is 0 Å². The second-order valence-electron chi connectivity index (χ2n) is 9.60. The van der Waals surface area contributed by atoms with Crippen LogP contribution in [-0.2, 0) is 11.4 Å². The van der Waals surface area contributed by atoms with E-state index in [1.165, 1.54) is 0 Å². The summed E-state index contributed by atoms with van der Waals surface area (Å²) in [6.07, 6.45) is 0. The molecule has 0 saturated heterocycles. The van der Waals surface area contributed by atoms with E-state index >= 15 is 0 Å². The molecule has 5 rings (SSSR count). The molecule has 0 aromatic heterocycles. The number of fused-ring (bicyclic) bond motifs is 1. The lowest BCUT2D eigenvalue weighted by atomic mass is 9.83. The average molecular weight is 567 g/mol. The molecule has 0 spiro atoms. The van der Waals surface area contributed by atoms with Gasteiger partial charge in [-0.05, 0) is 66.4 Å². The highest BCUT2D eigenvalue weighted by atomic mass is 35.5. The Morgan fingerprint density at radius 2 is 1.61 bits per heavy atom. The number of hydrogen-bond donors (Lipinski definition) is 1. The second-order valence-corrected chi connectivity index (χ2v) is 9.98. The third-order valence-electron chi connectivity index (χ3n) is 6.65. The monoisotopic (exact) mass is 566 g/mol. The van der Waals surface area contributed by atoms with Crippen molar-refractivity contribution in [3.63, 3.8) is 0 Å². The van der Waals surface area contributed by atoms with E-state index in [2.05, 4.69) is 6.07 Å². The number of nitrogens with zero attached hydrogens (tertiary/aromatic N) is 1. The maximum absolute atomic E-state index is 12.5. The van der Waals surface area contributed by atoms with Gasteiger partial charge in [-0.1, -0.05) is 60.1 Å². The molecule has 0 aliphatic carbocycles. The first-order chi connectivity index (χ1) is 19.8. The van der Waals surface area contributed by atoms with Gasteiger partial charge in [-0.3, -0.25) is 0 Å². The zero-order valence-electron chi connectivity index (χ0n) is 22.5. The number of aryl methyl sites for hydroxylation is 2. The van der Waals surface area contributed by atoms with Gasteiger partial charge in [-0.25, -0.2) is 4.79 Å². The largest absolute Gasteiger partial charge is 0.489 e. The predicted octanol–water partition coefficient (Wildman–Crippen LogP) is 6.74. The number of benzene rings is 4. The maximum Gasteiger partial charge on any atom is 0.349 e. The van der Waals surface area contributed by atoms with Crippen molar-refractivity contribution in [2.45, 2.75) is 26.4 Å². The van der Waals surface area contributed by atoms with E-state index in [0.717, 1.165) is 27.8 Å². The predicted molar refractivity (Wildman–Crippen MR) is 155 cm³/mol. The molecular weight excluding hydrogens is 540 g/mol. The molecule has 206 valence electrons. The molecule has 4 aromatic rings. The van der Waals surface area contributed by atoms with Crippen LogP contribution >= 0.6 is 11.6 Å². The smallest absolute Gasteiger partial charge is 0.349 e. The van der Waals surface area contributed by atoms with Gasteiger partial charge in [0.05, 0.1) is 5.92 Å². The van der Waals surface area contributed by atoms with Gasteiger partial charge in [0.2, 0.25) is 5.88 Å². The average Bonchev–Trinajstić information content (AvgIpc) is 2.97. The Balaban J connectivity index is 1.30. The third kappa shape index (κ3) is 6.29. The van der Waals surface area contributed by atoms with Crippen LogP contribution < -0.4 is 24.7 Å². The van der Waals surface area contributed by atoms with Crippen molar-refractivity contribution in [2.75, 3.05) is 6.61 Å². The van der Waals surface area contributed by atoms with Crippen LogP contribution in [0.3, 0.4) is 0 Å². The number of nitriles is 1. The summed E-state index contributed by atoms with van der Waals surface area (Å²) in [5, 5.41) is 10.5. The maximum atomic E-state index is 12.5. The number of hydrogen-bond acceptors (Lipinski definition) is 7. The fraction of sp³-hybridized carbons (Fsp3) is 0.152. The van der Waals surface area contributed by atoms with Crippen molar-refractivity contribution < 1.29 is 23.7 Å². The van der Waals surface area contributed by atoms with E-state index in [0.29, 0.717) is 34.5 Å². The first-order valence-corrected chi connectivity index (χ1v) is 13.3. The molecule has 2 N–H and O–H groups in total. The first kappa shape index (κ1) is 27.6. The summed E-state index contributed by atoms with van der Waals surface area (Å²) < 4.78 is 22.8. The second kappa shape index (κ2) is 12.1. The van der Waals surface area contributed by atoms with Crippen molar-refractivity contribution in [3.8, 4) is 29.1 Å². The zero-order valence-corrected chi connectivity index (χ0v) is 23.3. The fourth-order valence-corrected chi connectivity index (χ4v) is 4.74. The molecular formula is C33H27ClN2O5. The quantitative estimate of drug-likeness (QED) is 0.186. The van der Waals surface area contributed by atoms with Crippen molar-refractivity contribution in [3.05, 3.63) is 129 Å². The van der Waals surface area contributed by atoms with Gasteiger partial charge in [-0.15, -0.1) is 0 Å². The number of carbonyl (C=O) groups is 1. The zero-order chi connectivity index (χ0) is 28.9. The van der Waals surface area contributed by atoms with Crippen LogP contribution in [-0.4, -0.2) is 12.6 Å². The number of nitrogens with two attached hydrogens (primary N) is 1. The van der Waals surface area contributed by atoms with Crippen molar-refractivity contribution in [1.82, 2.24) is 0 Å². The Hall–Kier alpha value is -4.93. The van der Waals surface area contributed by atoms with Crippen LogP contribution in [0.15, 0.2) is 96.4 Å². The highest BCUT2D eigenvalue weighted by molar-refractivity contribution is 6.32. The Bertz CT molecular complexity index is 1640. The summed E-state index contributed by atoms with van der Waals surface area (Å²) in [4.78, 5) is 12.5. The Morgan fingerprint density at radius 1 is 0.927 bits per heavy atom. The van der Waals surface area contributed by atoms with Crippen LogP contribution in [0.1, 0.15) is 33.7 Å². The Kier molecular flexibility index (Phi) is 8.14. The third-order valence-corrected chi connectivity index (χ3v) is 7.25. The van der Waals surface area contributed by atoms with E-state index in [9.17, 15) is 10.1 Å². The van der Waals surface area contributed by atoms with Crippen LogP contribution in [0.2, 0.25) is 5.02 Å². The molecule has 0 radical (unpaired) electrons. The lowest BCUT2D eigenvalue weighted by Crippen LogP contribution is -2.21. The first-order valence-electron chi connectivity index (χ1n) is 12.9. The topological polar surface area (TPSA) is 104 Å². The molecule has 0 saturated carbocycles. The van der Waals surface area contributed by atoms with Gasteiger partial charge in [0.25, 0.3) is 0 Å². The van der Waals surface area contributed by atoms with E-state index in [1.54, 1.807) is 30.3 Å². The summed E-state index contributed by atoms with van der Waals surface area (Å²) in [6, 6.07) is 28.1. The van der Waals surface area contributed by atoms with E-state index in [4.69, 9.17) is 36.3 Å². The highest BCUT2D eigenvalue weighted by Gasteiger charge is 2.31. The van der Waals surface area contributed by atoms with Crippen molar-refractivity contribution >= 4 is 17.6 Å². The standard InChI is InChI=1S/C33H27ClN2O5/c1-20-14-26(15-21(2)32(20)34)39-19-30(37)40-25-12-13-27-29(16-25)41-33(36)28(17-35)31(27)23-8-10-24(11-9-23)38-18-22-6-4-3-5-7-22/h3-16,31H,18-19,36H2,1-2H3. The van der Waals surface area contributed by atoms with Gasteiger partial charge < -0.3 is 24.7 Å². The Morgan fingerprint density at radius 3 is 2.29 bits per heavy atom.